The number of methoxy groups -OCH3 is 1. The standard InChI is InChI=1S/C15H13ClN2O6S/c1-7(19)17-15-18-14(22)11(25-15)5-8-3-9(16)13(10(4-8)23-2)24-6-12(20)21/h3-5H,6H2,1-2H3,(H,20,21)(H,17,18,19,22)/b11-5+. The van der Waals surface area contributed by atoms with Crippen molar-refractivity contribution in [2.75, 3.05) is 13.7 Å². The summed E-state index contributed by atoms with van der Waals surface area (Å²) in [7, 11) is 1.38. The molecule has 0 saturated carbocycles. The summed E-state index contributed by atoms with van der Waals surface area (Å²) in [5.41, 5.74) is 0.527. The fraction of sp³-hybridized carbons (Fsp3) is 0.200. The molecule has 10 heteroatoms. The second kappa shape index (κ2) is 8.04. The van der Waals surface area contributed by atoms with Crippen LogP contribution in [-0.4, -0.2) is 41.8 Å². The molecule has 1 aliphatic rings. The van der Waals surface area contributed by atoms with Crippen molar-refractivity contribution < 1.29 is 29.0 Å². The Morgan fingerprint density at radius 1 is 1.44 bits per heavy atom. The summed E-state index contributed by atoms with van der Waals surface area (Å²) >= 11 is 7.13. The average Bonchev–Trinajstić information content (AvgIpc) is 2.84. The number of benzene rings is 1. The van der Waals surface area contributed by atoms with E-state index in [1.165, 1.54) is 26.2 Å². The molecule has 1 aromatic carbocycles. The van der Waals surface area contributed by atoms with Gasteiger partial charge in [0.2, 0.25) is 5.91 Å². The summed E-state index contributed by atoms with van der Waals surface area (Å²) in [6, 6.07) is 3.04. The quantitative estimate of drug-likeness (QED) is 0.745. The van der Waals surface area contributed by atoms with Crippen molar-refractivity contribution >= 4 is 52.4 Å². The Morgan fingerprint density at radius 2 is 2.16 bits per heavy atom. The number of thioether (sulfide) groups is 1. The molecule has 0 radical (unpaired) electrons. The smallest absolute Gasteiger partial charge is 0.341 e. The zero-order valence-electron chi connectivity index (χ0n) is 13.2. The lowest BCUT2D eigenvalue weighted by atomic mass is 10.2. The highest BCUT2D eigenvalue weighted by Crippen LogP contribution is 2.38. The van der Waals surface area contributed by atoms with Gasteiger partial charge >= 0.3 is 5.97 Å². The Kier molecular flexibility index (Phi) is 6.05. The average molecular weight is 385 g/mol. The summed E-state index contributed by atoms with van der Waals surface area (Å²) in [5.74, 6) is -1.66. The van der Waals surface area contributed by atoms with Gasteiger partial charge in [-0.1, -0.05) is 11.6 Å². The summed E-state index contributed by atoms with van der Waals surface area (Å²) in [5, 5.41) is 11.5. The first-order chi connectivity index (χ1) is 11.8. The molecule has 0 atom stereocenters. The number of nitrogens with zero attached hydrogens (tertiary/aromatic N) is 1. The van der Waals surface area contributed by atoms with E-state index in [2.05, 4.69) is 10.3 Å². The van der Waals surface area contributed by atoms with Crippen molar-refractivity contribution in [3.63, 3.8) is 0 Å². The third-order valence-corrected chi connectivity index (χ3v) is 3.97. The van der Waals surface area contributed by atoms with Crippen LogP contribution in [0, 0.1) is 0 Å². The molecule has 2 amide bonds. The van der Waals surface area contributed by atoms with Crippen molar-refractivity contribution in [2.24, 2.45) is 4.99 Å². The maximum atomic E-state index is 11.9. The minimum atomic E-state index is -1.15. The van der Waals surface area contributed by atoms with Crippen LogP contribution in [0.5, 0.6) is 11.5 Å². The number of hydrogen-bond acceptors (Lipinski definition) is 6. The number of carbonyl (C=O) groups excluding carboxylic acids is 2. The lowest BCUT2D eigenvalue weighted by Crippen LogP contribution is -2.23. The van der Waals surface area contributed by atoms with Gasteiger partial charge in [-0.05, 0) is 35.5 Å². The molecule has 0 aromatic heterocycles. The van der Waals surface area contributed by atoms with Crippen molar-refractivity contribution in [1.82, 2.24) is 5.32 Å². The van der Waals surface area contributed by atoms with Gasteiger partial charge in [-0.2, -0.15) is 4.99 Å². The highest BCUT2D eigenvalue weighted by molar-refractivity contribution is 8.18. The number of ether oxygens (including phenoxy) is 2. The molecule has 1 aromatic rings. The third kappa shape index (κ3) is 4.97. The molecule has 132 valence electrons. The van der Waals surface area contributed by atoms with Gasteiger partial charge in [0.25, 0.3) is 5.91 Å². The first-order valence-electron chi connectivity index (χ1n) is 6.82. The van der Waals surface area contributed by atoms with E-state index in [0.29, 0.717) is 10.5 Å². The number of hydrogen-bond donors (Lipinski definition) is 2. The highest BCUT2D eigenvalue weighted by Gasteiger charge is 2.23. The monoisotopic (exact) mass is 384 g/mol. The van der Waals surface area contributed by atoms with E-state index in [9.17, 15) is 14.4 Å². The van der Waals surface area contributed by atoms with E-state index in [0.717, 1.165) is 11.8 Å². The van der Waals surface area contributed by atoms with Crippen LogP contribution in [0.1, 0.15) is 12.5 Å². The molecule has 0 saturated heterocycles. The number of carboxylic acid groups (broad SMARTS) is 1. The second-order valence-electron chi connectivity index (χ2n) is 4.73. The Hall–Kier alpha value is -2.52. The maximum absolute atomic E-state index is 11.9. The van der Waals surface area contributed by atoms with E-state index in [-0.39, 0.29) is 27.6 Å². The molecular formula is C15H13ClN2O6S. The van der Waals surface area contributed by atoms with Gasteiger partial charge in [-0.3, -0.25) is 9.59 Å². The van der Waals surface area contributed by atoms with Crippen molar-refractivity contribution in [1.29, 1.82) is 0 Å². The van der Waals surface area contributed by atoms with Gasteiger partial charge in [0.15, 0.2) is 23.3 Å². The SMILES string of the molecule is COc1cc(/C=C2/SC(NC(C)=O)=NC2=O)cc(Cl)c1OCC(=O)O. The molecule has 1 aliphatic heterocycles. The molecule has 2 rings (SSSR count). The fourth-order valence-electron chi connectivity index (χ4n) is 1.86. The largest absolute Gasteiger partial charge is 0.493 e. The predicted octanol–water partition coefficient (Wildman–Crippen LogP) is 1.92. The molecule has 0 bridgehead atoms. The van der Waals surface area contributed by atoms with Crippen molar-refractivity contribution in [3.8, 4) is 11.5 Å². The zero-order chi connectivity index (χ0) is 18.6. The Morgan fingerprint density at radius 3 is 2.76 bits per heavy atom. The van der Waals surface area contributed by atoms with Crippen LogP contribution in [0.2, 0.25) is 5.02 Å². The molecule has 25 heavy (non-hydrogen) atoms. The molecule has 2 N–H and O–H groups in total. The summed E-state index contributed by atoms with van der Waals surface area (Å²) in [6.45, 7) is 0.745. The van der Waals surface area contributed by atoms with Crippen LogP contribution in [0.4, 0.5) is 0 Å². The molecule has 0 fully saturated rings. The number of nitrogens with one attached hydrogen (secondary N) is 1. The number of amides is 2. The number of rotatable bonds is 5. The Balaban J connectivity index is 2.26. The van der Waals surface area contributed by atoms with Gasteiger partial charge < -0.3 is 19.9 Å². The first kappa shape index (κ1) is 18.8. The van der Waals surface area contributed by atoms with Crippen LogP contribution >= 0.6 is 23.4 Å². The molecular weight excluding hydrogens is 372 g/mol. The normalized spacial score (nSPS) is 15.1. The van der Waals surface area contributed by atoms with Crippen LogP contribution in [0.25, 0.3) is 6.08 Å². The van der Waals surface area contributed by atoms with E-state index in [1.54, 1.807) is 6.07 Å². The van der Waals surface area contributed by atoms with Crippen molar-refractivity contribution in [2.45, 2.75) is 6.92 Å². The number of aliphatic carboxylic acids is 1. The number of carbonyl (C=O) groups is 3. The zero-order valence-corrected chi connectivity index (χ0v) is 14.7. The number of carboxylic acids is 1. The topological polar surface area (TPSA) is 114 Å². The predicted molar refractivity (Wildman–Crippen MR) is 93.0 cm³/mol. The van der Waals surface area contributed by atoms with Gasteiger partial charge in [-0.25, -0.2) is 4.79 Å². The fourth-order valence-corrected chi connectivity index (χ4v) is 2.99. The molecule has 0 spiro atoms. The van der Waals surface area contributed by atoms with Gasteiger partial charge in [0.05, 0.1) is 17.0 Å². The number of halogens is 1. The van der Waals surface area contributed by atoms with Crippen LogP contribution in [0.15, 0.2) is 22.0 Å². The molecule has 8 nitrogen and oxygen atoms in total. The van der Waals surface area contributed by atoms with Gasteiger partial charge in [0.1, 0.15) is 0 Å². The van der Waals surface area contributed by atoms with E-state index >= 15 is 0 Å². The lowest BCUT2D eigenvalue weighted by Gasteiger charge is -2.12. The van der Waals surface area contributed by atoms with Crippen LogP contribution < -0.4 is 14.8 Å². The summed E-state index contributed by atoms with van der Waals surface area (Å²) < 4.78 is 10.3. The summed E-state index contributed by atoms with van der Waals surface area (Å²) in [6.07, 6.45) is 1.53. The van der Waals surface area contributed by atoms with Gasteiger partial charge in [0, 0.05) is 6.92 Å². The summed E-state index contributed by atoms with van der Waals surface area (Å²) in [4.78, 5) is 37.5. The number of aliphatic imine (C=N–C) groups is 1. The minimum Gasteiger partial charge on any atom is -0.493 e. The molecule has 1 heterocycles. The van der Waals surface area contributed by atoms with Crippen LogP contribution in [0.3, 0.4) is 0 Å². The maximum Gasteiger partial charge on any atom is 0.341 e. The molecule has 0 aliphatic carbocycles. The number of amidine groups is 1. The van der Waals surface area contributed by atoms with Gasteiger partial charge in [-0.15, -0.1) is 0 Å². The Labute approximate surface area is 151 Å². The van der Waals surface area contributed by atoms with Crippen molar-refractivity contribution in [3.05, 3.63) is 27.6 Å². The van der Waals surface area contributed by atoms with Crippen LogP contribution in [-0.2, 0) is 14.4 Å². The Bertz CT molecular complexity index is 805. The minimum absolute atomic E-state index is 0.0919. The third-order valence-electron chi connectivity index (χ3n) is 2.79. The van der Waals surface area contributed by atoms with E-state index in [1.807, 2.05) is 0 Å². The van der Waals surface area contributed by atoms with E-state index in [4.69, 9.17) is 26.2 Å². The second-order valence-corrected chi connectivity index (χ2v) is 6.17. The highest BCUT2D eigenvalue weighted by atomic mass is 35.5. The lowest BCUT2D eigenvalue weighted by molar-refractivity contribution is -0.139. The first-order valence-corrected chi connectivity index (χ1v) is 8.02. The van der Waals surface area contributed by atoms with E-state index < -0.39 is 18.5 Å². The molecule has 0 unspecified atom stereocenters.